The van der Waals surface area contributed by atoms with Crippen molar-refractivity contribution >= 4 is 40.1 Å². The maximum absolute atomic E-state index is 7.54. The zero-order valence-electron chi connectivity index (χ0n) is 19.8. The van der Waals surface area contributed by atoms with Crippen LogP contribution in [0.25, 0.3) is 16.5 Å². The number of hydrogen-bond acceptors (Lipinski definition) is 9. The average molecular weight is 472 g/mol. The molecule has 0 bridgehead atoms. The van der Waals surface area contributed by atoms with Crippen molar-refractivity contribution in [2.24, 2.45) is 11.1 Å². The van der Waals surface area contributed by atoms with Crippen LogP contribution in [0.15, 0.2) is 36.7 Å². The maximum Gasteiger partial charge on any atom is 0.227 e. The number of hydrogen-bond donors (Lipinski definition) is 3. The Labute approximate surface area is 203 Å². The first-order valence-electron chi connectivity index (χ1n) is 12.0. The Kier molecular flexibility index (Phi) is 5.29. The molecule has 4 N–H and O–H groups in total. The van der Waals surface area contributed by atoms with Crippen LogP contribution in [0.5, 0.6) is 5.75 Å². The summed E-state index contributed by atoms with van der Waals surface area (Å²) in [4.78, 5) is 17.0. The number of methoxy groups -OCH3 is 1. The Morgan fingerprint density at radius 1 is 1.29 bits per heavy atom. The van der Waals surface area contributed by atoms with Crippen LogP contribution in [0.3, 0.4) is 0 Å². The van der Waals surface area contributed by atoms with Gasteiger partial charge in [-0.15, -0.1) is 0 Å². The third-order valence-corrected chi connectivity index (χ3v) is 7.23. The molecule has 1 aliphatic carbocycles. The molecular formula is C26H29N7O2. The third-order valence-electron chi connectivity index (χ3n) is 7.23. The van der Waals surface area contributed by atoms with Gasteiger partial charge in [0.15, 0.2) is 5.82 Å². The fourth-order valence-corrected chi connectivity index (χ4v) is 4.98. The second-order valence-electron chi connectivity index (χ2n) is 9.75. The number of allylic oxidation sites excluding steroid dienone is 1. The Morgan fingerprint density at radius 3 is 2.80 bits per heavy atom. The summed E-state index contributed by atoms with van der Waals surface area (Å²) >= 11 is 0. The molecular weight excluding hydrogens is 442 g/mol. The van der Waals surface area contributed by atoms with Crippen molar-refractivity contribution in [3.63, 3.8) is 0 Å². The van der Waals surface area contributed by atoms with Gasteiger partial charge in [0.25, 0.3) is 0 Å². The highest BCUT2D eigenvalue weighted by atomic mass is 16.5. The summed E-state index contributed by atoms with van der Waals surface area (Å²) < 4.78 is 11.1. The van der Waals surface area contributed by atoms with Gasteiger partial charge in [0.2, 0.25) is 5.95 Å². The smallest absolute Gasteiger partial charge is 0.227 e. The van der Waals surface area contributed by atoms with E-state index in [1.807, 2.05) is 24.4 Å². The van der Waals surface area contributed by atoms with Gasteiger partial charge in [-0.3, -0.25) is 0 Å². The number of nitrogens with one attached hydrogen (secondary N) is 2. The summed E-state index contributed by atoms with van der Waals surface area (Å²) in [5.41, 5.74) is 10.1. The van der Waals surface area contributed by atoms with E-state index < -0.39 is 0 Å². The molecule has 9 nitrogen and oxygen atoms in total. The van der Waals surface area contributed by atoms with Crippen molar-refractivity contribution in [3.05, 3.63) is 47.9 Å². The number of rotatable bonds is 7. The lowest BCUT2D eigenvalue weighted by Gasteiger charge is -2.37. The Morgan fingerprint density at radius 2 is 2.14 bits per heavy atom. The van der Waals surface area contributed by atoms with Crippen LogP contribution < -0.4 is 20.7 Å². The summed E-state index contributed by atoms with van der Waals surface area (Å²) in [6.07, 6.45) is 8.03. The molecule has 2 aliphatic heterocycles. The van der Waals surface area contributed by atoms with E-state index in [4.69, 9.17) is 30.6 Å². The van der Waals surface area contributed by atoms with Crippen molar-refractivity contribution in [1.82, 2.24) is 15.0 Å². The zero-order valence-corrected chi connectivity index (χ0v) is 19.8. The third kappa shape index (κ3) is 3.95. The second-order valence-corrected chi connectivity index (χ2v) is 9.75. The number of anilines is 3. The fourth-order valence-electron chi connectivity index (χ4n) is 4.98. The summed E-state index contributed by atoms with van der Waals surface area (Å²) in [7, 11) is 1.61. The first-order valence-corrected chi connectivity index (χ1v) is 12.0. The van der Waals surface area contributed by atoms with E-state index in [2.05, 4.69) is 21.3 Å². The molecule has 0 amide bonds. The molecule has 35 heavy (non-hydrogen) atoms. The van der Waals surface area contributed by atoms with Crippen LogP contribution in [-0.4, -0.2) is 54.6 Å². The topological polar surface area (TPSA) is 122 Å². The van der Waals surface area contributed by atoms with E-state index >= 15 is 0 Å². The molecule has 3 fully saturated rings. The highest BCUT2D eigenvalue weighted by Crippen LogP contribution is 2.44. The summed E-state index contributed by atoms with van der Waals surface area (Å²) in [5, 5.41) is 11.9. The predicted octanol–water partition coefficient (Wildman–Crippen LogP) is 3.83. The molecule has 2 aromatic heterocycles. The quantitative estimate of drug-likeness (QED) is 0.445. The van der Waals surface area contributed by atoms with Gasteiger partial charge < -0.3 is 30.8 Å². The van der Waals surface area contributed by atoms with Gasteiger partial charge in [-0.1, -0.05) is 6.07 Å². The SMILES string of the molecule is COc1cc(/C(C=N)=C/N)ccc1Nc1ncc2cc(C3CC3)nc(N3CCC4(COC4)C3)c2n1. The number of fused-ring (bicyclic) bond motifs is 1. The summed E-state index contributed by atoms with van der Waals surface area (Å²) in [5.74, 6) is 2.59. The number of nitrogens with two attached hydrogens (primary N) is 1. The van der Waals surface area contributed by atoms with Gasteiger partial charge in [0.1, 0.15) is 11.3 Å². The molecule has 0 unspecified atom stereocenters. The van der Waals surface area contributed by atoms with E-state index in [0.29, 0.717) is 23.2 Å². The lowest BCUT2D eigenvalue weighted by molar-refractivity contribution is -0.0985. The minimum Gasteiger partial charge on any atom is -0.495 e. The summed E-state index contributed by atoms with van der Waals surface area (Å²) in [6.45, 7) is 3.58. The first kappa shape index (κ1) is 21.8. The van der Waals surface area contributed by atoms with E-state index in [1.165, 1.54) is 25.3 Å². The number of benzene rings is 1. The highest BCUT2D eigenvalue weighted by molar-refractivity contribution is 6.08. The summed E-state index contributed by atoms with van der Waals surface area (Å²) in [6, 6.07) is 7.75. The van der Waals surface area contributed by atoms with Crippen molar-refractivity contribution in [1.29, 1.82) is 5.41 Å². The molecule has 3 aromatic rings. The Balaban J connectivity index is 1.36. The number of aromatic nitrogens is 3. The predicted molar refractivity (Wildman–Crippen MR) is 137 cm³/mol. The molecule has 4 heterocycles. The lowest BCUT2D eigenvalue weighted by Crippen LogP contribution is -2.44. The van der Waals surface area contributed by atoms with Gasteiger partial charge >= 0.3 is 0 Å². The molecule has 6 rings (SSSR count). The molecule has 2 saturated heterocycles. The normalized spacial score (nSPS) is 19.1. The largest absolute Gasteiger partial charge is 0.495 e. The van der Waals surface area contributed by atoms with Crippen molar-refractivity contribution in [3.8, 4) is 5.75 Å². The van der Waals surface area contributed by atoms with Gasteiger partial charge in [0.05, 0.1) is 26.0 Å². The van der Waals surface area contributed by atoms with Crippen molar-refractivity contribution in [2.75, 3.05) is 43.6 Å². The minimum atomic E-state index is 0.264. The number of pyridine rings is 1. The van der Waals surface area contributed by atoms with Crippen LogP contribution in [0.2, 0.25) is 0 Å². The molecule has 3 aliphatic rings. The monoisotopic (exact) mass is 471 g/mol. The van der Waals surface area contributed by atoms with Gasteiger partial charge in [0, 0.05) is 59.7 Å². The van der Waals surface area contributed by atoms with E-state index in [9.17, 15) is 0 Å². The van der Waals surface area contributed by atoms with Gasteiger partial charge in [-0.25, -0.2) is 15.0 Å². The first-order chi connectivity index (χ1) is 17.1. The van der Waals surface area contributed by atoms with Crippen LogP contribution in [0.1, 0.15) is 36.4 Å². The highest BCUT2D eigenvalue weighted by Gasteiger charge is 2.45. The average Bonchev–Trinajstić information content (AvgIpc) is 3.61. The van der Waals surface area contributed by atoms with Crippen LogP contribution in [-0.2, 0) is 4.74 Å². The van der Waals surface area contributed by atoms with Crippen LogP contribution >= 0.6 is 0 Å². The molecule has 0 radical (unpaired) electrons. The minimum absolute atomic E-state index is 0.264. The van der Waals surface area contributed by atoms with E-state index in [1.54, 1.807) is 7.11 Å². The number of ether oxygens (including phenoxy) is 2. The molecule has 1 saturated carbocycles. The van der Waals surface area contributed by atoms with Gasteiger partial charge in [-0.05, 0) is 43.0 Å². The van der Waals surface area contributed by atoms with Crippen LogP contribution in [0, 0.1) is 10.8 Å². The van der Waals surface area contributed by atoms with E-state index in [0.717, 1.165) is 66.4 Å². The van der Waals surface area contributed by atoms with E-state index in [-0.39, 0.29) is 5.41 Å². The van der Waals surface area contributed by atoms with Crippen molar-refractivity contribution < 1.29 is 9.47 Å². The molecule has 0 atom stereocenters. The molecule has 1 spiro atoms. The molecule has 180 valence electrons. The second kappa shape index (κ2) is 8.49. The van der Waals surface area contributed by atoms with Gasteiger partial charge in [-0.2, -0.15) is 0 Å². The van der Waals surface area contributed by atoms with Crippen LogP contribution in [0.4, 0.5) is 17.5 Å². The Hall–Kier alpha value is -3.72. The fraction of sp³-hybridized carbons (Fsp3) is 0.385. The molecule has 9 heteroatoms. The molecule has 1 aromatic carbocycles. The zero-order chi connectivity index (χ0) is 24.0. The Bertz CT molecular complexity index is 1330. The van der Waals surface area contributed by atoms with Crippen molar-refractivity contribution in [2.45, 2.75) is 25.2 Å². The lowest BCUT2D eigenvalue weighted by atomic mass is 9.85. The number of nitrogens with zero attached hydrogens (tertiary/aromatic N) is 4. The maximum atomic E-state index is 7.54. The standard InChI is InChI=1S/C26H29N7O2/c1-34-22-9-17(19(10-27)11-28)4-5-20(22)31-25-29-12-18-8-21(16-2-3-16)30-24(23(18)32-25)33-7-6-26(13-33)14-35-15-26/h4-5,8-12,16,27H,2-3,6-7,13-15,28H2,1H3,(H,29,31,32)/b19-11+,27-10?.